The van der Waals surface area contributed by atoms with Crippen LogP contribution in [0.25, 0.3) is 32.7 Å². The van der Waals surface area contributed by atoms with Crippen LogP contribution >= 0.6 is 0 Å². The van der Waals surface area contributed by atoms with Gasteiger partial charge in [-0.05, 0) is 52.7 Å². The fourth-order valence-corrected chi connectivity index (χ4v) is 5.09. The highest BCUT2D eigenvalue weighted by atomic mass is 32.2. The molecule has 5 aromatic carbocycles. The van der Waals surface area contributed by atoms with E-state index in [1.54, 1.807) is 30.3 Å². The molecule has 1 N–H and O–H groups in total. The molecule has 0 amide bonds. The summed E-state index contributed by atoms with van der Waals surface area (Å²) in [6.07, 6.45) is 0. The Bertz CT molecular complexity index is 1630. The molecule has 0 bridgehead atoms. The second-order valence-electron chi connectivity index (χ2n) is 8.08. The lowest BCUT2D eigenvalue weighted by molar-refractivity contribution is 0.0698. The van der Waals surface area contributed by atoms with E-state index in [0.717, 1.165) is 27.1 Å². The first-order chi connectivity index (χ1) is 16.5. The Hall–Kier alpha value is -4.16. The van der Waals surface area contributed by atoms with Gasteiger partial charge in [0.25, 0.3) is 0 Å². The van der Waals surface area contributed by atoms with E-state index in [1.165, 1.54) is 4.31 Å². The maximum absolute atomic E-state index is 12.6. The second-order valence-corrected chi connectivity index (χ2v) is 8.96. The van der Waals surface area contributed by atoms with E-state index in [-0.39, 0.29) is 5.56 Å². The molecular formula is C28H21NO4S. The number of carbonyl (C=O) groups is 1. The standard InChI is InChI=1S/C28H21NO4S/c1-18-10-14-21(15-11-18)29(34(32)33)25-17-13-20-7-3-5-9-23(20)27(25)26-22-8-4-2-6-19(22)12-16-24(26)28(30)31/h2-17,34H,1H3,(H,30,31). The van der Waals surface area contributed by atoms with Gasteiger partial charge in [0, 0.05) is 11.1 Å². The van der Waals surface area contributed by atoms with Crippen molar-refractivity contribution in [2.75, 3.05) is 4.31 Å². The second kappa shape index (κ2) is 8.65. The third-order valence-corrected chi connectivity index (χ3v) is 6.76. The molecule has 5 rings (SSSR count). The first-order valence-corrected chi connectivity index (χ1v) is 11.9. The maximum Gasteiger partial charge on any atom is 0.336 e. The number of benzene rings is 5. The molecule has 0 aromatic heterocycles. The number of hydrogen-bond donors (Lipinski definition) is 2. The van der Waals surface area contributed by atoms with Crippen LogP contribution in [-0.2, 0) is 10.9 Å². The minimum atomic E-state index is -3.07. The van der Waals surface area contributed by atoms with Crippen molar-refractivity contribution in [1.82, 2.24) is 0 Å². The van der Waals surface area contributed by atoms with Gasteiger partial charge < -0.3 is 5.11 Å². The van der Waals surface area contributed by atoms with Gasteiger partial charge in [-0.25, -0.2) is 17.5 Å². The number of rotatable bonds is 5. The summed E-state index contributed by atoms with van der Waals surface area (Å²) in [4.78, 5) is 12.4. The topological polar surface area (TPSA) is 74.7 Å². The van der Waals surface area contributed by atoms with Crippen LogP contribution in [-0.4, -0.2) is 19.5 Å². The van der Waals surface area contributed by atoms with Crippen molar-refractivity contribution >= 4 is 49.8 Å². The van der Waals surface area contributed by atoms with Gasteiger partial charge in [-0.3, -0.25) is 0 Å². The van der Waals surface area contributed by atoms with Crippen LogP contribution in [0, 0.1) is 6.92 Å². The molecule has 5 nitrogen and oxygen atoms in total. The molecule has 0 unspecified atom stereocenters. The highest BCUT2D eigenvalue weighted by Gasteiger charge is 2.24. The van der Waals surface area contributed by atoms with Crippen LogP contribution in [0.4, 0.5) is 11.4 Å². The number of anilines is 2. The van der Waals surface area contributed by atoms with Gasteiger partial charge in [0.15, 0.2) is 0 Å². The smallest absolute Gasteiger partial charge is 0.336 e. The van der Waals surface area contributed by atoms with Gasteiger partial charge in [-0.1, -0.05) is 78.4 Å². The van der Waals surface area contributed by atoms with E-state index in [4.69, 9.17) is 0 Å². The Labute approximate surface area is 198 Å². The van der Waals surface area contributed by atoms with Gasteiger partial charge in [0.2, 0.25) is 10.9 Å². The predicted octanol–water partition coefficient (Wildman–Crippen LogP) is 6.33. The van der Waals surface area contributed by atoms with Crippen LogP contribution in [0.2, 0.25) is 0 Å². The van der Waals surface area contributed by atoms with Gasteiger partial charge in [0.1, 0.15) is 0 Å². The van der Waals surface area contributed by atoms with Gasteiger partial charge >= 0.3 is 5.97 Å². The molecule has 0 aliphatic rings. The molecule has 34 heavy (non-hydrogen) atoms. The summed E-state index contributed by atoms with van der Waals surface area (Å²) in [5.74, 6) is -1.08. The summed E-state index contributed by atoms with van der Waals surface area (Å²) < 4.78 is 26.5. The van der Waals surface area contributed by atoms with Gasteiger partial charge in [-0.2, -0.15) is 0 Å². The van der Waals surface area contributed by atoms with Crippen molar-refractivity contribution in [2.45, 2.75) is 6.92 Å². The van der Waals surface area contributed by atoms with E-state index in [2.05, 4.69) is 0 Å². The highest BCUT2D eigenvalue weighted by Crippen LogP contribution is 2.44. The molecule has 168 valence electrons. The molecule has 0 aliphatic heterocycles. The monoisotopic (exact) mass is 467 g/mol. The minimum Gasteiger partial charge on any atom is -0.478 e. The van der Waals surface area contributed by atoms with Crippen LogP contribution in [0.1, 0.15) is 15.9 Å². The molecule has 6 heteroatoms. The Morgan fingerprint density at radius 1 is 0.706 bits per heavy atom. The van der Waals surface area contributed by atoms with Crippen molar-refractivity contribution in [3.63, 3.8) is 0 Å². The number of hydrogen-bond acceptors (Lipinski definition) is 3. The van der Waals surface area contributed by atoms with Crippen LogP contribution < -0.4 is 4.31 Å². The number of carboxylic acids is 1. The zero-order valence-corrected chi connectivity index (χ0v) is 19.2. The third-order valence-electron chi connectivity index (χ3n) is 5.99. The Balaban J connectivity index is 1.96. The number of aromatic carboxylic acids is 1. The minimum absolute atomic E-state index is 0.112. The van der Waals surface area contributed by atoms with Crippen LogP contribution in [0.15, 0.2) is 97.1 Å². The fraction of sp³-hybridized carbons (Fsp3) is 0.0357. The third kappa shape index (κ3) is 3.68. The molecule has 5 aromatic rings. The fourth-order valence-electron chi connectivity index (χ4n) is 4.43. The molecule has 0 radical (unpaired) electrons. The maximum atomic E-state index is 12.6. The lowest BCUT2D eigenvalue weighted by atomic mass is 9.89. The molecule has 0 atom stereocenters. The van der Waals surface area contributed by atoms with E-state index >= 15 is 0 Å². The summed E-state index contributed by atoms with van der Waals surface area (Å²) >= 11 is 0. The molecular weight excluding hydrogens is 446 g/mol. The van der Waals surface area contributed by atoms with Crippen molar-refractivity contribution in [2.24, 2.45) is 0 Å². The Kier molecular flexibility index (Phi) is 5.51. The lowest BCUT2D eigenvalue weighted by Gasteiger charge is -2.24. The summed E-state index contributed by atoms with van der Waals surface area (Å²) in [5, 5.41) is 13.4. The first kappa shape index (κ1) is 21.7. The first-order valence-electron chi connectivity index (χ1n) is 10.7. The van der Waals surface area contributed by atoms with E-state index in [9.17, 15) is 18.3 Å². The number of thiol groups is 1. The number of aryl methyl sites for hydroxylation is 1. The molecule has 0 spiro atoms. The Morgan fingerprint density at radius 2 is 1.26 bits per heavy atom. The van der Waals surface area contributed by atoms with E-state index in [1.807, 2.05) is 73.7 Å². The van der Waals surface area contributed by atoms with Gasteiger partial charge in [0.05, 0.1) is 16.9 Å². The van der Waals surface area contributed by atoms with Crippen molar-refractivity contribution in [3.05, 3.63) is 108 Å². The summed E-state index contributed by atoms with van der Waals surface area (Å²) in [7, 11) is -3.07. The number of carboxylic acid groups (broad SMARTS) is 1. The molecule has 0 saturated carbocycles. The van der Waals surface area contributed by atoms with Crippen LogP contribution in [0.5, 0.6) is 0 Å². The number of fused-ring (bicyclic) bond motifs is 2. The number of nitrogens with zero attached hydrogens (tertiary/aromatic N) is 1. The van der Waals surface area contributed by atoms with Gasteiger partial charge in [-0.15, -0.1) is 0 Å². The van der Waals surface area contributed by atoms with Crippen molar-refractivity contribution in [1.29, 1.82) is 0 Å². The summed E-state index contributed by atoms with van der Waals surface area (Å²) in [6, 6.07) is 29.3. The molecule has 0 saturated heterocycles. The lowest BCUT2D eigenvalue weighted by Crippen LogP contribution is -2.16. The highest BCUT2D eigenvalue weighted by molar-refractivity contribution is 7.74. The van der Waals surface area contributed by atoms with E-state index < -0.39 is 16.9 Å². The van der Waals surface area contributed by atoms with E-state index in [0.29, 0.717) is 22.5 Å². The molecule has 0 aliphatic carbocycles. The van der Waals surface area contributed by atoms with Crippen LogP contribution in [0.3, 0.4) is 0 Å². The zero-order valence-electron chi connectivity index (χ0n) is 18.3. The normalized spacial score (nSPS) is 11.2. The molecule has 0 fully saturated rings. The zero-order chi connectivity index (χ0) is 23.8. The van der Waals surface area contributed by atoms with Crippen molar-refractivity contribution < 1.29 is 18.3 Å². The largest absolute Gasteiger partial charge is 0.478 e. The average Bonchev–Trinajstić information content (AvgIpc) is 2.84. The molecule has 0 heterocycles. The SMILES string of the molecule is Cc1ccc(N(c2ccc3ccccc3c2-c2c(C(=O)O)ccc3ccccc23)[SH](=O)=O)cc1. The summed E-state index contributed by atoms with van der Waals surface area (Å²) in [6.45, 7) is 1.93. The summed E-state index contributed by atoms with van der Waals surface area (Å²) in [5.41, 5.74) is 3.05. The Morgan fingerprint density at radius 3 is 1.85 bits per heavy atom. The quantitative estimate of drug-likeness (QED) is 0.296. The van der Waals surface area contributed by atoms with Crippen molar-refractivity contribution in [3.8, 4) is 11.1 Å². The predicted molar refractivity (Wildman–Crippen MR) is 137 cm³/mol. The average molecular weight is 468 g/mol.